The van der Waals surface area contributed by atoms with Crippen molar-refractivity contribution in [1.82, 2.24) is 14.7 Å². The molecule has 1 aliphatic heterocycles. The van der Waals surface area contributed by atoms with E-state index in [1.165, 1.54) is 17.7 Å². The summed E-state index contributed by atoms with van der Waals surface area (Å²) < 4.78 is 41.1. The SMILES string of the molecule is Cn1cc(CN2CCC[C@@H](CCc3ccccc3C(F)(F)F)C2)cn1. The second-order valence-electron chi connectivity index (χ2n) is 6.96. The highest BCUT2D eigenvalue weighted by atomic mass is 19.4. The Morgan fingerprint density at radius 3 is 2.76 bits per heavy atom. The maximum atomic E-state index is 13.1. The Hall–Kier alpha value is -1.82. The van der Waals surface area contributed by atoms with Crippen LogP contribution in [-0.4, -0.2) is 27.8 Å². The van der Waals surface area contributed by atoms with E-state index in [1.54, 1.807) is 16.8 Å². The Balaban J connectivity index is 1.57. The van der Waals surface area contributed by atoms with Crippen LogP contribution in [0.3, 0.4) is 0 Å². The molecule has 1 aromatic heterocycles. The zero-order chi connectivity index (χ0) is 17.9. The summed E-state index contributed by atoms with van der Waals surface area (Å²) in [5.41, 5.74) is 1.11. The molecule has 0 bridgehead atoms. The molecule has 3 nitrogen and oxygen atoms in total. The van der Waals surface area contributed by atoms with Crippen molar-refractivity contribution in [3.05, 3.63) is 53.3 Å². The normalized spacial score (nSPS) is 19.3. The second-order valence-corrected chi connectivity index (χ2v) is 6.96. The van der Waals surface area contributed by atoms with Crippen molar-refractivity contribution in [3.8, 4) is 0 Å². The highest BCUT2D eigenvalue weighted by molar-refractivity contribution is 5.29. The smallest absolute Gasteiger partial charge is 0.299 e. The minimum atomic E-state index is -4.27. The van der Waals surface area contributed by atoms with Gasteiger partial charge < -0.3 is 0 Å². The van der Waals surface area contributed by atoms with E-state index < -0.39 is 11.7 Å². The standard InChI is InChI=1S/C19H24F3N3/c1-24-12-16(11-23-24)14-25-10-4-5-15(13-25)8-9-17-6-2-3-7-18(17)19(20,21)22/h2-3,6-7,11-12,15H,4-5,8-10,13-14H2,1H3/t15-/m0/s1. The molecule has 0 aliphatic carbocycles. The Bertz CT molecular complexity index is 693. The minimum absolute atomic E-state index is 0.416. The van der Waals surface area contributed by atoms with E-state index in [0.717, 1.165) is 38.9 Å². The Morgan fingerprint density at radius 1 is 1.24 bits per heavy atom. The molecule has 0 N–H and O–H groups in total. The van der Waals surface area contributed by atoms with Crippen molar-refractivity contribution in [1.29, 1.82) is 0 Å². The minimum Gasteiger partial charge on any atom is -0.299 e. The molecule has 25 heavy (non-hydrogen) atoms. The van der Waals surface area contributed by atoms with Crippen molar-refractivity contribution in [2.75, 3.05) is 13.1 Å². The molecule has 0 amide bonds. The average molecular weight is 351 g/mol. The van der Waals surface area contributed by atoms with Crippen molar-refractivity contribution in [3.63, 3.8) is 0 Å². The molecule has 1 atom stereocenters. The number of halogens is 3. The fraction of sp³-hybridized carbons (Fsp3) is 0.526. The summed E-state index contributed by atoms with van der Waals surface area (Å²) in [4.78, 5) is 2.39. The van der Waals surface area contributed by atoms with E-state index in [9.17, 15) is 13.2 Å². The Kier molecular flexibility index (Phi) is 5.47. The van der Waals surface area contributed by atoms with Gasteiger partial charge in [0, 0.05) is 31.9 Å². The van der Waals surface area contributed by atoms with Crippen molar-refractivity contribution in [2.24, 2.45) is 13.0 Å². The van der Waals surface area contributed by atoms with Gasteiger partial charge in [-0.15, -0.1) is 0 Å². The molecular formula is C19H24F3N3. The zero-order valence-electron chi connectivity index (χ0n) is 14.5. The van der Waals surface area contributed by atoms with E-state index in [1.807, 2.05) is 19.4 Å². The summed E-state index contributed by atoms with van der Waals surface area (Å²) >= 11 is 0. The number of likely N-dealkylation sites (tertiary alicyclic amines) is 1. The molecule has 1 saturated heterocycles. The van der Waals surface area contributed by atoms with Crippen LogP contribution < -0.4 is 0 Å². The molecule has 2 heterocycles. The molecule has 1 fully saturated rings. The summed E-state index contributed by atoms with van der Waals surface area (Å²) in [5.74, 6) is 0.451. The van der Waals surface area contributed by atoms with E-state index in [-0.39, 0.29) is 0 Å². The second kappa shape index (κ2) is 7.60. The number of benzene rings is 1. The van der Waals surface area contributed by atoms with Gasteiger partial charge in [0.2, 0.25) is 0 Å². The third-order valence-corrected chi connectivity index (χ3v) is 4.91. The first-order valence-corrected chi connectivity index (χ1v) is 8.77. The highest BCUT2D eigenvalue weighted by Gasteiger charge is 2.33. The van der Waals surface area contributed by atoms with Crippen molar-refractivity contribution < 1.29 is 13.2 Å². The molecule has 136 valence electrons. The lowest BCUT2D eigenvalue weighted by atomic mass is 9.90. The quantitative estimate of drug-likeness (QED) is 0.801. The first-order valence-electron chi connectivity index (χ1n) is 8.77. The first-order chi connectivity index (χ1) is 11.9. The van der Waals surface area contributed by atoms with Gasteiger partial charge in [0.25, 0.3) is 0 Å². The number of rotatable bonds is 5. The van der Waals surface area contributed by atoms with Gasteiger partial charge in [-0.1, -0.05) is 18.2 Å². The Labute approximate surface area is 146 Å². The lowest BCUT2D eigenvalue weighted by Crippen LogP contribution is -2.35. The van der Waals surface area contributed by atoms with E-state index in [2.05, 4.69) is 10.00 Å². The fourth-order valence-corrected chi connectivity index (χ4v) is 3.72. The van der Waals surface area contributed by atoms with E-state index in [0.29, 0.717) is 17.9 Å². The van der Waals surface area contributed by atoms with Gasteiger partial charge in [0.15, 0.2) is 0 Å². The summed E-state index contributed by atoms with van der Waals surface area (Å²) in [7, 11) is 1.90. The summed E-state index contributed by atoms with van der Waals surface area (Å²) in [6.45, 7) is 2.86. The number of nitrogens with zero attached hydrogens (tertiary/aromatic N) is 3. The largest absolute Gasteiger partial charge is 0.416 e. The average Bonchev–Trinajstić information content (AvgIpc) is 2.98. The van der Waals surface area contributed by atoms with Gasteiger partial charge in [-0.2, -0.15) is 18.3 Å². The summed E-state index contributed by atoms with van der Waals surface area (Å²) in [6.07, 6.45) is 3.11. The predicted molar refractivity (Wildman–Crippen MR) is 91.0 cm³/mol. The number of hydrogen-bond acceptors (Lipinski definition) is 2. The van der Waals surface area contributed by atoms with Crippen LogP contribution in [0.2, 0.25) is 0 Å². The number of aromatic nitrogens is 2. The molecule has 0 unspecified atom stereocenters. The maximum Gasteiger partial charge on any atom is 0.416 e. The first kappa shape index (κ1) is 18.0. The van der Waals surface area contributed by atoms with Gasteiger partial charge in [-0.3, -0.25) is 9.58 Å². The van der Waals surface area contributed by atoms with E-state index in [4.69, 9.17) is 0 Å². The molecule has 0 spiro atoms. The Morgan fingerprint density at radius 2 is 2.04 bits per heavy atom. The lowest BCUT2D eigenvalue weighted by Gasteiger charge is -2.32. The van der Waals surface area contributed by atoms with Crippen LogP contribution in [0.15, 0.2) is 36.7 Å². The third-order valence-electron chi connectivity index (χ3n) is 4.91. The van der Waals surface area contributed by atoms with Crippen LogP contribution in [0, 0.1) is 5.92 Å². The number of piperidine rings is 1. The van der Waals surface area contributed by atoms with Crippen LogP contribution in [0.25, 0.3) is 0 Å². The van der Waals surface area contributed by atoms with Gasteiger partial charge >= 0.3 is 6.18 Å². The molecule has 1 aromatic carbocycles. The maximum absolute atomic E-state index is 13.1. The summed E-state index contributed by atoms with van der Waals surface area (Å²) in [6, 6.07) is 5.95. The van der Waals surface area contributed by atoms with Gasteiger partial charge in [0.1, 0.15) is 0 Å². The molecule has 3 rings (SSSR count). The van der Waals surface area contributed by atoms with Crippen molar-refractivity contribution in [2.45, 2.75) is 38.4 Å². The zero-order valence-corrected chi connectivity index (χ0v) is 14.5. The molecule has 6 heteroatoms. The molecular weight excluding hydrogens is 327 g/mol. The lowest BCUT2D eigenvalue weighted by molar-refractivity contribution is -0.138. The predicted octanol–water partition coefficient (Wildman–Crippen LogP) is 4.28. The molecule has 0 saturated carbocycles. The van der Waals surface area contributed by atoms with Crippen LogP contribution in [0.4, 0.5) is 13.2 Å². The van der Waals surface area contributed by atoms with Crippen molar-refractivity contribution >= 4 is 0 Å². The van der Waals surface area contributed by atoms with Gasteiger partial charge in [-0.05, 0) is 49.8 Å². The highest BCUT2D eigenvalue weighted by Crippen LogP contribution is 2.33. The fourth-order valence-electron chi connectivity index (χ4n) is 3.72. The topological polar surface area (TPSA) is 21.1 Å². The molecule has 2 aromatic rings. The van der Waals surface area contributed by atoms with Crippen LogP contribution >= 0.6 is 0 Å². The molecule has 0 radical (unpaired) electrons. The van der Waals surface area contributed by atoms with Gasteiger partial charge in [0.05, 0.1) is 11.8 Å². The number of aryl methyl sites for hydroxylation is 2. The van der Waals surface area contributed by atoms with E-state index >= 15 is 0 Å². The molecule has 1 aliphatic rings. The monoisotopic (exact) mass is 351 g/mol. The van der Waals surface area contributed by atoms with Gasteiger partial charge in [-0.25, -0.2) is 0 Å². The van der Waals surface area contributed by atoms with Crippen LogP contribution in [-0.2, 0) is 26.2 Å². The number of hydrogen-bond donors (Lipinski definition) is 0. The van der Waals surface area contributed by atoms with Crippen LogP contribution in [0.5, 0.6) is 0 Å². The third kappa shape index (κ3) is 4.84. The summed E-state index contributed by atoms with van der Waals surface area (Å²) in [5, 5.41) is 4.19. The number of alkyl halides is 3. The van der Waals surface area contributed by atoms with Crippen LogP contribution in [0.1, 0.15) is 36.0 Å².